The Morgan fingerprint density at radius 3 is 2.61 bits per heavy atom. The molecule has 1 aromatic rings. The van der Waals surface area contributed by atoms with Crippen LogP contribution in [0.4, 0.5) is 0 Å². The number of nitrogens with zero attached hydrogens (tertiary/aromatic N) is 2. The third kappa shape index (κ3) is 4.76. The molecule has 1 saturated heterocycles. The fourth-order valence-electron chi connectivity index (χ4n) is 2.75. The van der Waals surface area contributed by atoms with Crippen molar-refractivity contribution in [2.75, 3.05) is 39.0 Å². The number of carbonyl (C=O) groups is 1. The van der Waals surface area contributed by atoms with Gasteiger partial charge in [0, 0.05) is 19.6 Å². The number of hydrogen-bond acceptors (Lipinski definition) is 5. The van der Waals surface area contributed by atoms with Gasteiger partial charge in [-0.25, -0.2) is 8.42 Å². The van der Waals surface area contributed by atoms with Crippen molar-refractivity contribution in [1.82, 2.24) is 9.21 Å². The van der Waals surface area contributed by atoms with Crippen molar-refractivity contribution in [3.05, 3.63) is 35.9 Å². The van der Waals surface area contributed by atoms with Crippen LogP contribution in [0.5, 0.6) is 0 Å². The fourth-order valence-corrected chi connectivity index (χ4v) is 4.34. The van der Waals surface area contributed by atoms with Gasteiger partial charge in [0.25, 0.3) is 0 Å². The minimum atomic E-state index is -3.51. The third-order valence-corrected chi connectivity index (χ3v) is 5.82. The van der Waals surface area contributed by atoms with Gasteiger partial charge >= 0.3 is 5.97 Å². The van der Waals surface area contributed by atoms with Gasteiger partial charge in [-0.1, -0.05) is 30.3 Å². The molecule has 0 N–H and O–H groups in total. The number of piperazine rings is 1. The molecule has 1 aromatic carbocycles. The lowest BCUT2D eigenvalue weighted by molar-refractivity contribution is -0.142. The molecular formula is C16H24N2O4S. The van der Waals surface area contributed by atoms with Crippen LogP contribution in [-0.2, 0) is 19.6 Å². The minimum Gasteiger partial charge on any atom is -0.466 e. The van der Waals surface area contributed by atoms with Gasteiger partial charge < -0.3 is 9.64 Å². The molecule has 0 saturated carbocycles. The molecule has 1 fully saturated rings. The number of carbonyl (C=O) groups excluding carboxylic acids is 1. The van der Waals surface area contributed by atoms with E-state index in [1.165, 1.54) is 4.31 Å². The molecule has 1 heterocycles. The SMILES string of the molecule is CCOC(=O)CCS(=O)(=O)N1CCN(C)C[C@@H]1c1ccccc1. The number of hydrogen-bond donors (Lipinski definition) is 0. The summed E-state index contributed by atoms with van der Waals surface area (Å²) in [7, 11) is -1.53. The zero-order chi connectivity index (χ0) is 16.9. The molecule has 6 nitrogen and oxygen atoms in total. The molecule has 1 atom stereocenters. The zero-order valence-corrected chi connectivity index (χ0v) is 14.5. The van der Waals surface area contributed by atoms with Crippen LogP contribution in [0.2, 0.25) is 0 Å². The van der Waals surface area contributed by atoms with E-state index in [4.69, 9.17) is 4.74 Å². The summed E-state index contributed by atoms with van der Waals surface area (Å²) >= 11 is 0. The van der Waals surface area contributed by atoms with Crippen LogP contribution in [0.25, 0.3) is 0 Å². The van der Waals surface area contributed by atoms with Gasteiger partial charge in [-0.05, 0) is 19.5 Å². The maximum atomic E-state index is 12.7. The van der Waals surface area contributed by atoms with E-state index in [9.17, 15) is 13.2 Å². The Kier molecular flexibility index (Phi) is 6.15. The molecule has 23 heavy (non-hydrogen) atoms. The topological polar surface area (TPSA) is 66.9 Å². The minimum absolute atomic E-state index is 0.107. The van der Waals surface area contributed by atoms with Crippen molar-refractivity contribution in [2.24, 2.45) is 0 Å². The first-order chi connectivity index (χ1) is 10.9. The Balaban J connectivity index is 2.15. The van der Waals surface area contributed by atoms with Crippen LogP contribution in [-0.4, -0.2) is 62.6 Å². The number of esters is 1. The van der Waals surface area contributed by atoms with E-state index in [1.54, 1.807) is 6.92 Å². The number of rotatable bonds is 6. The van der Waals surface area contributed by atoms with Crippen LogP contribution < -0.4 is 0 Å². The molecule has 128 valence electrons. The second kappa shape index (κ2) is 7.90. The molecule has 0 radical (unpaired) electrons. The zero-order valence-electron chi connectivity index (χ0n) is 13.6. The van der Waals surface area contributed by atoms with E-state index in [1.807, 2.05) is 37.4 Å². The molecule has 1 aliphatic heterocycles. The summed E-state index contributed by atoms with van der Waals surface area (Å²) in [5, 5.41) is 0. The average molecular weight is 340 g/mol. The van der Waals surface area contributed by atoms with Crippen molar-refractivity contribution >= 4 is 16.0 Å². The van der Waals surface area contributed by atoms with Gasteiger partial charge in [-0.3, -0.25) is 4.79 Å². The number of sulfonamides is 1. The Labute approximate surface area is 138 Å². The number of likely N-dealkylation sites (N-methyl/N-ethyl adjacent to an activating group) is 1. The maximum absolute atomic E-state index is 12.7. The van der Waals surface area contributed by atoms with Gasteiger partial charge in [0.2, 0.25) is 10.0 Å². The highest BCUT2D eigenvalue weighted by molar-refractivity contribution is 7.89. The lowest BCUT2D eigenvalue weighted by Gasteiger charge is -2.39. The predicted octanol–water partition coefficient (Wildman–Crippen LogP) is 1.26. The summed E-state index contributed by atoms with van der Waals surface area (Å²) in [5.74, 6) is -0.680. The molecule has 0 aromatic heterocycles. The van der Waals surface area contributed by atoms with Crippen molar-refractivity contribution in [3.63, 3.8) is 0 Å². The van der Waals surface area contributed by atoms with Crippen LogP contribution >= 0.6 is 0 Å². The summed E-state index contributed by atoms with van der Waals surface area (Å²) in [6, 6.07) is 9.40. The second-order valence-electron chi connectivity index (χ2n) is 5.67. The van der Waals surface area contributed by atoms with E-state index in [2.05, 4.69) is 4.90 Å². The first-order valence-corrected chi connectivity index (χ1v) is 9.43. The van der Waals surface area contributed by atoms with Gasteiger partial charge in [0.05, 0.1) is 24.8 Å². The van der Waals surface area contributed by atoms with E-state index in [-0.39, 0.29) is 24.8 Å². The molecule has 1 aliphatic rings. The lowest BCUT2D eigenvalue weighted by Crippen LogP contribution is -2.50. The van der Waals surface area contributed by atoms with E-state index < -0.39 is 16.0 Å². The molecule has 0 aliphatic carbocycles. The molecule has 0 spiro atoms. The standard InChI is InChI=1S/C16H24N2O4S/c1-3-22-16(19)9-12-23(20,21)18-11-10-17(2)13-15(18)14-7-5-4-6-8-14/h4-8,15H,3,9-13H2,1-2H3/t15-/m1/s1. The van der Waals surface area contributed by atoms with E-state index >= 15 is 0 Å². The van der Waals surface area contributed by atoms with Crippen molar-refractivity contribution in [1.29, 1.82) is 0 Å². The monoisotopic (exact) mass is 340 g/mol. The lowest BCUT2D eigenvalue weighted by atomic mass is 10.1. The highest BCUT2D eigenvalue weighted by Gasteiger charge is 2.35. The largest absolute Gasteiger partial charge is 0.466 e. The van der Waals surface area contributed by atoms with Crippen LogP contribution in [0.3, 0.4) is 0 Å². The average Bonchev–Trinajstić information content (AvgIpc) is 2.54. The van der Waals surface area contributed by atoms with Gasteiger partial charge in [0.15, 0.2) is 0 Å². The smallest absolute Gasteiger partial charge is 0.306 e. The number of ether oxygens (including phenoxy) is 1. The van der Waals surface area contributed by atoms with Gasteiger partial charge in [-0.15, -0.1) is 0 Å². The Hall–Kier alpha value is -1.44. The Bertz CT molecular complexity index is 618. The van der Waals surface area contributed by atoms with Crippen molar-refractivity contribution in [2.45, 2.75) is 19.4 Å². The first kappa shape index (κ1) is 17.9. The molecule has 0 unspecified atom stereocenters. The quantitative estimate of drug-likeness (QED) is 0.729. The maximum Gasteiger partial charge on any atom is 0.306 e. The molecule has 7 heteroatoms. The molecular weight excluding hydrogens is 316 g/mol. The molecule has 0 amide bonds. The Morgan fingerprint density at radius 1 is 1.26 bits per heavy atom. The summed E-state index contributed by atoms with van der Waals surface area (Å²) in [5.41, 5.74) is 0.971. The van der Waals surface area contributed by atoms with E-state index in [0.717, 1.165) is 5.56 Å². The Morgan fingerprint density at radius 2 is 1.96 bits per heavy atom. The first-order valence-electron chi connectivity index (χ1n) is 7.82. The van der Waals surface area contributed by atoms with Gasteiger partial charge in [0.1, 0.15) is 0 Å². The highest BCUT2D eigenvalue weighted by Crippen LogP contribution is 2.28. The normalized spacial score (nSPS) is 20.3. The van der Waals surface area contributed by atoms with Crippen LogP contribution in [0, 0.1) is 0 Å². The fraction of sp³-hybridized carbons (Fsp3) is 0.562. The summed E-state index contributed by atoms with van der Waals surface area (Å²) in [6.07, 6.45) is -0.107. The van der Waals surface area contributed by atoms with Crippen molar-refractivity contribution < 1.29 is 17.9 Å². The second-order valence-corrected chi connectivity index (χ2v) is 7.71. The molecule has 2 rings (SSSR count). The van der Waals surface area contributed by atoms with Gasteiger partial charge in [-0.2, -0.15) is 4.31 Å². The van der Waals surface area contributed by atoms with Crippen LogP contribution in [0.1, 0.15) is 24.9 Å². The van der Waals surface area contributed by atoms with E-state index in [0.29, 0.717) is 19.6 Å². The van der Waals surface area contributed by atoms with Crippen LogP contribution in [0.15, 0.2) is 30.3 Å². The number of benzene rings is 1. The van der Waals surface area contributed by atoms with Crippen molar-refractivity contribution in [3.8, 4) is 0 Å². The highest BCUT2D eigenvalue weighted by atomic mass is 32.2. The summed E-state index contributed by atoms with van der Waals surface area (Å²) < 4.78 is 31.7. The summed E-state index contributed by atoms with van der Waals surface area (Å²) in [6.45, 7) is 3.73. The molecule has 0 bridgehead atoms. The third-order valence-electron chi connectivity index (χ3n) is 3.95. The predicted molar refractivity (Wildman–Crippen MR) is 88.4 cm³/mol. The summed E-state index contributed by atoms with van der Waals surface area (Å²) in [4.78, 5) is 13.6.